The van der Waals surface area contributed by atoms with E-state index in [0.29, 0.717) is 17.1 Å². The van der Waals surface area contributed by atoms with Crippen LogP contribution in [-0.4, -0.2) is 28.9 Å². The Labute approximate surface area is 95.1 Å². The maximum atomic E-state index is 10.8. The van der Waals surface area contributed by atoms with Crippen molar-refractivity contribution in [2.45, 2.75) is 6.61 Å². The zero-order valence-electron chi connectivity index (χ0n) is 9.39. The highest BCUT2D eigenvalue weighted by atomic mass is 32.2. The van der Waals surface area contributed by atoms with Gasteiger partial charge in [-0.3, -0.25) is 4.18 Å². The molecule has 16 heavy (non-hydrogen) atoms. The van der Waals surface area contributed by atoms with Crippen LogP contribution < -0.4 is 9.47 Å². The molecule has 0 N–H and O–H groups in total. The Hall–Kier alpha value is -1.27. The molecular formula is C10H14O5S. The first-order valence-corrected chi connectivity index (χ1v) is 6.32. The normalized spacial score (nSPS) is 11.2. The van der Waals surface area contributed by atoms with Crippen molar-refractivity contribution in [1.82, 2.24) is 0 Å². The molecule has 0 aromatic heterocycles. The summed E-state index contributed by atoms with van der Waals surface area (Å²) in [5.74, 6) is 1.18. The highest BCUT2D eigenvalue weighted by molar-refractivity contribution is 7.85. The summed E-state index contributed by atoms with van der Waals surface area (Å²) in [5.41, 5.74) is 0.668. The third-order valence-electron chi connectivity index (χ3n) is 1.85. The monoisotopic (exact) mass is 246 g/mol. The second-order valence-electron chi connectivity index (χ2n) is 3.19. The van der Waals surface area contributed by atoms with Crippen molar-refractivity contribution in [2.75, 3.05) is 20.5 Å². The largest absolute Gasteiger partial charge is 0.497 e. The third-order valence-corrected chi connectivity index (χ3v) is 2.40. The van der Waals surface area contributed by atoms with Crippen LogP contribution in [0.3, 0.4) is 0 Å². The number of methoxy groups -OCH3 is 2. The van der Waals surface area contributed by atoms with Crippen molar-refractivity contribution >= 4 is 10.1 Å². The number of rotatable bonds is 5. The molecule has 90 valence electrons. The number of hydrogen-bond acceptors (Lipinski definition) is 5. The molecule has 0 amide bonds. The Balaban J connectivity index is 2.87. The minimum absolute atomic E-state index is 0.0353. The number of ether oxygens (including phenoxy) is 2. The molecule has 5 nitrogen and oxygen atoms in total. The summed E-state index contributed by atoms with van der Waals surface area (Å²) in [6.45, 7) is -0.0353. The van der Waals surface area contributed by atoms with E-state index in [1.54, 1.807) is 18.2 Å². The standard InChI is InChI=1S/C10H14O5S/c1-13-9-4-8(5-10(6-9)14-2)7-15-16(3,11)12/h4-6H,7H2,1-3H3. The molecule has 0 aliphatic rings. The predicted molar refractivity (Wildman–Crippen MR) is 59.2 cm³/mol. The van der Waals surface area contributed by atoms with Gasteiger partial charge in [-0.2, -0.15) is 8.42 Å². The fourth-order valence-electron chi connectivity index (χ4n) is 1.12. The molecule has 0 aliphatic carbocycles. The van der Waals surface area contributed by atoms with Crippen LogP contribution in [0.4, 0.5) is 0 Å². The van der Waals surface area contributed by atoms with E-state index in [-0.39, 0.29) is 6.61 Å². The van der Waals surface area contributed by atoms with Crippen LogP contribution in [0.2, 0.25) is 0 Å². The molecule has 1 aromatic carbocycles. The maximum absolute atomic E-state index is 10.8. The van der Waals surface area contributed by atoms with Gasteiger partial charge in [0.15, 0.2) is 0 Å². The molecule has 0 fully saturated rings. The summed E-state index contributed by atoms with van der Waals surface area (Å²) in [4.78, 5) is 0. The van der Waals surface area contributed by atoms with Gasteiger partial charge < -0.3 is 9.47 Å². The second-order valence-corrected chi connectivity index (χ2v) is 4.83. The molecule has 0 saturated carbocycles. The topological polar surface area (TPSA) is 61.8 Å². The highest BCUT2D eigenvalue weighted by Crippen LogP contribution is 2.23. The lowest BCUT2D eigenvalue weighted by molar-refractivity contribution is 0.309. The number of hydrogen-bond donors (Lipinski definition) is 0. The lowest BCUT2D eigenvalue weighted by atomic mass is 10.2. The van der Waals surface area contributed by atoms with Gasteiger partial charge in [-0.25, -0.2) is 0 Å². The molecule has 6 heteroatoms. The molecular weight excluding hydrogens is 232 g/mol. The molecule has 0 spiro atoms. The molecule has 0 aliphatic heterocycles. The van der Waals surface area contributed by atoms with E-state index < -0.39 is 10.1 Å². The van der Waals surface area contributed by atoms with Crippen molar-refractivity contribution < 1.29 is 22.1 Å². The molecule has 0 saturated heterocycles. The van der Waals surface area contributed by atoms with Gasteiger partial charge >= 0.3 is 0 Å². The summed E-state index contributed by atoms with van der Waals surface area (Å²) in [6, 6.07) is 5.07. The molecule has 0 bridgehead atoms. The molecule has 0 atom stereocenters. The minimum Gasteiger partial charge on any atom is -0.497 e. The van der Waals surface area contributed by atoms with Crippen molar-refractivity contribution in [3.8, 4) is 11.5 Å². The molecule has 0 radical (unpaired) electrons. The molecule has 0 unspecified atom stereocenters. The van der Waals surface area contributed by atoms with Crippen LogP contribution in [0, 0.1) is 0 Å². The lowest BCUT2D eigenvalue weighted by Crippen LogP contribution is -2.03. The third kappa shape index (κ3) is 4.08. The van der Waals surface area contributed by atoms with Crippen LogP contribution in [0.1, 0.15) is 5.56 Å². The average molecular weight is 246 g/mol. The van der Waals surface area contributed by atoms with Gasteiger partial charge in [0.2, 0.25) is 0 Å². The molecule has 1 rings (SSSR count). The van der Waals surface area contributed by atoms with E-state index >= 15 is 0 Å². The van der Waals surface area contributed by atoms with Gasteiger partial charge in [0.1, 0.15) is 11.5 Å². The van der Waals surface area contributed by atoms with E-state index in [9.17, 15) is 8.42 Å². The van der Waals surface area contributed by atoms with Crippen molar-refractivity contribution in [3.05, 3.63) is 23.8 Å². The van der Waals surface area contributed by atoms with E-state index in [1.165, 1.54) is 14.2 Å². The van der Waals surface area contributed by atoms with E-state index in [2.05, 4.69) is 4.18 Å². The summed E-state index contributed by atoms with van der Waals surface area (Å²) in [7, 11) is -0.396. The first-order chi connectivity index (χ1) is 7.44. The summed E-state index contributed by atoms with van der Waals surface area (Å²) >= 11 is 0. The zero-order chi connectivity index (χ0) is 12.2. The van der Waals surface area contributed by atoms with Crippen LogP contribution in [-0.2, 0) is 20.9 Å². The van der Waals surface area contributed by atoms with Crippen molar-refractivity contribution in [2.24, 2.45) is 0 Å². The molecule has 0 heterocycles. The van der Waals surface area contributed by atoms with Crippen molar-refractivity contribution in [3.63, 3.8) is 0 Å². The highest BCUT2D eigenvalue weighted by Gasteiger charge is 2.06. The van der Waals surface area contributed by atoms with E-state index in [4.69, 9.17) is 9.47 Å². The first kappa shape index (κ1) is 12.8. The zero-order valence-corrected chi connectivity index (χ0v) is 10.2. The second kappa shape index (κ2) is 5.18. The maximum Gasteiger partial charge on any atom is 0.264 e. The number of benzene rings is 1. The fourth-order valence-corrected chi connectivity index (χ4v) is 1.47. The Bertz CT molecular complexity index is 430. The van der Waals surface area contributed by atoms with Gasteiger partial charge in [-0.05, 0) is 17.7 Å². The van der Waals surface area contributed by atoms with Gasteiger partial charge in [0, 0.05) is 6.07 Å². The predicted octanol–water partition coefficient (Wildman–Crippen LogP) is 1.18. The van der Waals surface area contributed by atoms with Crippen LogP contribution >= 0.6 is 0 Å². The summed E-state index contributed by atoms with van der Waals surface area (Å²) in [6.07, 6.45) is 1.00. The quantitative estimate of drug-likeness (QED) is 0.730. The van der Waals surface area contributed by atoms with Crippen LogP contribution in [0.25, 0.3) is 0 Å². The van der Waals surface area contributed by atoms with Gasteiger partial charge in [0.25, 0.3) is 10.1 Å². The van der Waals surface area contributed by atoms with Crippen molar-refractivity contribution in [1.29, 1.82) is 0 Å². The summed E-state index contributed by atoms with van der Waals surface area (Å²) in [5, 5.41) is 0. The van der Waals surface area contributed by atoms with Gasteiger partial charge in [-0.15, -0.1) is 0 Å². The fraction of sp³-hybridized carbons (Fsp3) is 0.400. The smallest absolute Gasteiger partial charge is 0.264 e. The van der Waals surface area contributed by atoms with Crippen LogP contribution in [0.5, 0.6) is 11.5 Å². The van der Waals surface area contributed by atoms with Gasteiger partial charge in [0.05, 0.1) is 27.1 Å². The minimum atomic E-state index is -3.44. The lowest BCUT2D eigenvalue weighted by Gasteiger charge is -2.08. The Morgan fingerprint density at radius 2 is 1.56 bits per heavy atom. The Morgan fingerprint density at radius 3 is 1.94 bits per heavy atom. The Kier molecular flexibility index (Phi) is 4.14. The van der Waals surface area contributed by atoms with E-state index in [0.717, 1.165) is 6.26 Å². The Morgan fingerprint density at radius 1 is 1.06 bits per heavy atom. The summed E-state index contributed by atoms with van der Waals surface area (Å²) < 4.78 is 36.4. The molecule has 1 aromatic rings. The van der Waals surface area contributed by atoms with Gasteiger partial charge in [-0.1, -0.05) is 0 Å². The van der Waals surface area contributed by atoms with E-state index in [1.807, 2.05) is 0 Å². The SMILES string of the molecule is COc1cc(COS(C)(=O)=O)cc(OC)c1. The average Bonchev–Trinajstić information content (AvgIpc) is 2.25. The van der Waals surface area contributed by atoms with Crippen LogP contribution in [0.15, 0.2) is 18.2 Å². The first-order valence-electron chi connectivity index (χ1n) is 4.51.